The van der Waals surface area contributed by atoms with E-state index in [-0.39, 0.29) is 18.0 Å². The number of benzene rings is 2. The van der Waals surface area contributed by atoms with E-state index in [4.69, 9.17) is 4.74 Å². The molecular weight excluding hydrogens is 546 g/mol. The highest BCUT2D eigenvalue weighted by molar-refractivity contribution is 7.97. The molecule has 0 bridgehead atoms. The van der Waals surface area contributed by atoms with Gasteiger partial charge in [-0.15, -0.1) is 0 Å². The Kier molecular flexibility index (Phi) is 9.35. The van der Waals surface area contributed by atoms with Gasteiger partial charge in [0.1, 0.15) is 0 Å². The third kappa shape index (κ3) is 6.71. The number of nitrogens with zero attached hydrogens (tertiary/aromatic N) is 1. The van der Waals surface area contributed by atoms with Crippen molar-refractivity contribution in [3.8, 4) is 5.69 Å². The molecule has 1 saturated heterocycles. The maximum absolute atomic E-state index is 13.7. The number of carbonyl (C=O) groups is 2. The first-order valence-electron chi connectivity index (χ1n) is 15.3. The number of hydrogen-bond acceptors (Lipinski definition) is 5. The Morgan fingerprint density at radius 3 is 2.40 bits per heavy atom. The van der Waals surface area contributed by atoms with Crippen LogP contribution in [0.4, 0.5) is 0 Å². The third-order valence-corrected chi connectivity index (χ3v) is 10.2. The minimum absolute atomic E-state index is 0.0265. The summed E-state index contributed by atoms with van der Waals surface area (Å²) in [5.74, 6) is -0.491. The number of aliphatic carboxylic acids is 1. The average molecular weight is 592 g/mol. The average Bonchev–Trinajstić information content (AvgIpc) is 3.30. The Morgan fingerprint density at radius 2 is 1.74 bits per heavy atom. The van der Waals surface area contributed by atoms with Crippen molar-refractivity contribution in [2.75, 3.05) is 19.8 Å². The number of aromatic nitrogens is 1. The Labute approximate surface area is 253 Å². The number of carboxylic acid groups (broad SMARTS) is 1. The van der Waals surface area contributed by atoms with Crippen molar-refractivity contribution in [2.24, 2.45) is 11.3 Å². The fourth-order valence-electron chi connectivity index (χ4n) is 6.34. The lowest BCUT2D eigenvalue weighted by atomic mass is 9.80. The van der Waals surface area contributed by atoms with E-state index < -0.39 is 11.4 Å². The Morgan fingerprint density at radius 1 is 1.05 bits per heavy atom. The quantitative estimate of drug-likeness (QED) is 0.231. The molecule has 3 aromatic rings. The monoisotopic (exact) mass is 591 g/mol. The SMILES string of the molecule is Cc1c(C(=O)NCC2(C(=O)O)CCOCC2)cn(-c2ccc(SNC(C)(C)C)c3ccccc23)c1CC1CCCCC1. The number of fused-ring (bicyclic) bond motifs is 1. The molecule has 2 fully saturated rings. The summed E-state index contributed by atoms with van der Waals surface area (Å²) in [7, 11) is 0. The van der Waals surface area contributed by atoms with Crippen molar-refractivity contribution in [3.63, 3.8) is 0 Å². The molecule has 226 valence electrons. The van der Waals surface area contributed by atoms with Gasteiger partial charge in [0.25, 0.3) is 5.91 Å². The minimum atomic E-state index is -0.986. The summed E-state index contributed by atoms with van der Waals surface area (Å²) >= 11 is 1.65. The molecule has 42 heavy (non-hydrogen) atoms. The molecule has 1 amide bonds. The lowest BCUT2D eigenvalue weighted by Gasteiger charge is -2.33. The Hall–Kier alpha value is -2.81. The molecule has 1 saturated carbocycles. The highest BCUT2D eigenvalue weighted by atomic mass is 32.2. The van der Waals surface area contributed by atoms with E-state index in [2.05, 4.69) is 71.8 Å². The van der Waals surface area contributed by atoms with Crippen LogP contribution in [-0.2, 0) is 16.0 Å². The van der Waals surface area contributed by atoms with Crippen molar-refractivity contribution in [2.45, 2.75) is 89.5 Å². The topological polar surface area (TPSA) is 92.6 Å². The second-order valence-electron chi connectivity index (χ2n) is 13.2. The number of carboxylic acids is 1. The van der Waals surface area contributed by atoms with Gasteiger partial charge in [-0.3, -0.25) is 14.3 Å². The zero-order valence-electron chi connectivity index (χ0n) is 25.4. The fraction of sp³-hybridized carbons (Fsp3) is 0.529. The van der Waals surface area contributed by atoms with Crippen molar-refractivity contribution in [3.05, 3.63) is 59.4 Å². The molecule has 2 heterocycles. The van der Waals surface area contributed by atoms with Gasteiger partial charge in [-0.05, 0) is 87.9 Å². The summed E-state index contributed by atoms with van der Waals surface area (Å²) in [4.78, 5) is 27.1. The molecule has 0 atom stereocenters. The number of rotatable bonds is 9. The lowest BCUT2D eigenvalue weighted by molar-refractivity contribution is -0.154. The molecule has 1 aliphatic carbocycles. The van der Waals surface area contributed by atoms with Gasteiger partial charge in [0.15, 0.2) is 0 Å². The van der Waals surface area contributed by atoms with Crippen LogP contribution in [0.15, 0.2) is 47.5 Å². The number of nitrogens with one attached hydrogen (secondary N) is 2. The van der Waals surface area contributed by atoms with Crippen LogP contribution < -0.4 is 10.0 Å². The second-order valence-corrected chi connectivity index (χ2v) is 14.0. The van der Waals surface area contributed by atoms with Gasteiger partial charge in [-0.2, -0.15) is 0 Å². The van der Waals surface area contributed by atoms with Crippen LogP contribution >= 0.6 is 11.9 Å². The fourth-order valence-corrected chi connectivity index (χ4v) is 7.18. The second kappa shape index (κ2) is 12.8. The first-order valence-corrected chi connectivity index (χ1v) is 16.2. The largest absolute Gasteiger partial charge is 0.481 e. The number of ether oxygens (including phenoxy) is 1. The lowest BCUT2D eigenvalue weighted by Crippen LogP contribution is -2.46. The molecule has 5 rings (SSSR count). The van der Waals surface area contributed by atoms with Crippen molar-refractivity contribution in [1.82, 2.24) is 14.6 Å². The molecule has 0 spiro atoms. The molecule has 2 aliphatic rings. The van der Waals surface area contributed by atoms with Crippen molar-refractivity contribution >= 4 is 34.6 Å². The van der Waals surface area contributed by atoms with E-state index in [1.54, 1.807) is 11.9 Å². The number of amides is 1. The van der Waals surface area contributed by atoms with E-state index in [1.807, 2.05) is 13.1 Å². The van der Waals surface area contributed by atoms with Crippen LogP contribution in [-0.4, -0.2) is 46.8 Å². The van der Waals surface area contributed by atoms with Crippen LogP contribution in [0.1, 0.15) is 87.3 Å². The first kappa shape index (κ1) is 30.6. The smallest absolute Gasteiger partial charge is 0.311 e. The molecule has 1 aliphatic heterocycles. The van der Waals surface area contributed by atoms with Gasteiger partial charge in [-0.25, -0.2) is 0 Å². The normalized spacial score (nSPS) is 17.8. The Bertz CT molecular complexity index is 1430. The summed E-state index contributed by atoms with van der Waals surface area (Å²) in [6, 6.07) is 12.8. The van der Waals surface area contributed by atoms with Gasteiger partial charge in [0.2, 0.25) is 0 Å². The highest BCUT2D eigenvalue weighted by Gasteiger charge is 2.40. The highest BCUT2D eigenvalue weighted by Crippen LogP contribution is 2.36. The molecule has 7 nitrogen and oxygen atoms in total. The molecule has 8 heteroatoms. The molecule has 1 aromatic heterocycles. The van der Waals surface area contributed by atoms with Crippen LogP contribution in [0.3, 0.4) is 0 Å². The molecular formula is C34H45N3O4S. The summed E-state index contributed by atoms with van der Waals surface area (Å²) < 4.78 is 11.2. The molecule has 3 N–H and O–H groups in total. The standard InChI is InChI=1S/C34H45N3O4S/c1-23-27(31(38)35-22-34(32(39)40)16-18-41-19-17-34)21-37(29(23)20-24-10-6-5-7-11-24)28-14-15-30(42-36-33(2,3)4)26-13-9-8-12-25(26)28/h8-9,12-15,21,24,36H,5-7,10-11,16-20,22H2,1-4H3,(H,35,38)(H,39,40). The van der Waals surface area contributed by atoms with Gasteiger partial charge >= 0.3 is 5.97 Å². The van der Waals surface area contributed by atoms with Gasteiger partial charge < -0.3 is 19.7 Å². The van der Waals surface area contributed by atoms with Gasteiger partial charge in [-0.1, -0.05) is 56.4 Å². The molecule has 0 radical (unpaired) electrons. The molecule has 2 aromatic carbocycles. The van der Waals surface area contributed by atoms with E-state index in [9.17, 15) is 14.7 Å². The van der Waals surface area contributed by atoms with Gasteiger partial charge in [0.05, 0.1) is 16.7 Å². The zero-order chi connectivity index (χ0) is 29.9. The van der Waals surface area contributed by atoms with Crippen molar-refractivity contribution in [1.29, 1.82) is 0 Å². The maximum atomic E-state index is 13.7. The third-order valence-electron chi connectivity index (χ3n) is 8.92. The predicted octanol–water partition coefficient (Wildman–Crippen LogP) is 7.07. The Balaban J connectivity index is 1.52. The summed E-state index contributed by atoms with van der Waals surface area (Å²) in [5, 5.41) is 15.3. The maximum Gasteiger partial charge on any atom is 0.311 e. The molecule has 0 unspecified atom stereocenters. The van der Waals surface area contributed by atoms with E-state index >= 15 is 0 Å². The zero-order valence-corrected chi connectivity index (χ0v) is 26.2. The van der Waals surface area contributed by atoms with E-state index in [1.165, 1.54) is 43.2 Å². The van der Waals surface area contributed by atoms with E-state index in [0.717, 1.165) is 28.0 Å². The number of carbonyl (C=O) groups excluding carboxylic acids is 1. The van der Waals surface area contributed by atoms with Crippen LogP contribution in [0.2, 0.25) is 0 Å². The summed E-state index contributed by atoms with van der Waals surface area (Å²) in [5.41, 5.74) is 2.81. The summed E-state index contributed by atoms with van der Waals surface area (Å²) in [6.45, 7) is 9.41. The summed E-state index contributed by atoms with van der Waals surface area (Å²) in [6.07, 6.45) is 9.93. The first-order chi connectivity index (χ1) is 20.1. The van der Waals surface area contributed by atoms with E-state index in [0.29, 0.717) is 37.5 Å². The number of hydrogen-bond donors (Lipinski definition) is 3. The van der Waals surface area contributed by atoms with Crippen LogP contribution in [0, 0.1) is 18.3 Å². The van der Waals surface area contributed by atoms with Gasteiger partial charge in [0, 0.05) is 47.5 Å². The van der Waals surface area contributed by atoms with Crippen LogP contribution in [0.5, 0.6) is 0 Å². The van der Waals surface area contributed by atoms with Crippen LogP contribution in [0.25, 0.3) is 16.5 Å². The van der Waals surface area contributed by atoms with Crippen molar-refractivity contribution < 1.29 is 19.4 Å². The minimum Gasteiger partial charge on any atom is -0.481 e. The predicted molar refractivity (Wildman–Crippen MR) is 169 cm³/mol.